The monoisotopic (exact) mass is 343 g/mol. The van der Waals surface area contributed by atoms with Gasteiger partial charge in [0.25, 0.3) is 0 Å². The lowest BCUT2D eigenvalue weighted by Gasteiger charge is -2.39. The summed E-state index contributed by atoms with van der Waals surface area (Å²) in [6, 6.07) is 7.01. The Hall–Kier alpha value is -1.75. The van der Waals surface area contributed by atoms with Gasteiger partial charge in [-0.2, -0.15) is 0 Å². The van der Waals surface area contributed by atoms with Crippen molar-refractivity contribution >= 4 is 23.0 Å². The van der Waals surface area contributed by atoms with E-state index in [9.17, 15) is 0 Å². The minimum atomic E-state index is 0.629. The molecule has 1 aliphatic heterocycles. The molecule has 0 spiro atoms. The maximum Gasteiger partial charge on any atom is 0.152 e. The van der Waals surface area contributed by atoms with Gasteiger partial charge in [0.2, 0.25) is 0 Å². The van der Waals surface area contributed by atoms with Crippen molar-refractivity contribution in [2.75, 3.05) is 22.9 Å². The lowest BCUT2D eigenvalue weighted by Crippen LogP contribution is -2.42. The van der Waals surface area contributed by atoms with Crippen LogP contribution in [0.1, 0.15) is 43.3 Å². The van der Waals surface area contributed by atoms with E-state index < -0.39 is 0 Å². The van der Waals surface area contributed by atoms with Gasteiger partial charge in [-0.15, -0.1) is 10.2 Å². The van der Waals surface area contributed by atoms with Gasteiger partial charge >= 0.3 is 0 Å². The Balaban J connectivity index is 1.45. The first-order valence-electron chi connectivity index (χ1n) is 8.90. The number of benzene rings is 1. The molecular formula is C18H22ClN5. The van der Waals surface area contributed by atoms with Crippen molar-refractivity contribution in [2.24, 2.45) is 7.05 Å². The van der Waals surface area contributed by atoms with Crippen LogP contribution >= 0.6 is 11.6 Å². The fraction of sp³-hybridized carbons (Fsp3) is 0.556. The van der Waals surface area contributed by atoms with E-state index in [0.29, 0.717) is 5.92 Å². The molecule has 2 saturated carbocycles. The van der Waals surface area contributed by atoms with Gasteiger partial charge in [-0.05, 0) is 43.9 Å². The van der Waals surface area contributed by atoms with Gasteiger partial charge in [0.1, 0.15) is 5.82 Å². The maximum atomic E-state index is 6.29. The number of nitrogens with zero attached hydrogens (tertiary/aromatic N) is 5. The Morgan fingerprint density at radius 1 is 1.08 bits per heavy atom. The zero-order chi connectivity index (χ0) is 16.3. The highest BCUT2D eigenvalue weighted by atomic mass is 35.5. The van der Waals surface area contributed by atoms with E-state index >= 15 is 0 Å². The molecule has 0 unspecified atom stereocenters. The summed E-state index contributed by atoms with van der Waals surface area (Å²) in [4.78, 5) is 4.95. The van der Waals surface area contributed by atoms with Gasteiger partial charge in [0.15, 0.2) is 5.82 Å². The lowest BCUT2D eigenvalue weighted by molar-refractivity contribution is 0.656. The average Bonchev–Trinajstić information content (AvgIpc) is 3.48. The number of aromatic nitrogens is 3. The molecule has 5 nitrogen and oxygen atoms in total. The van der Waals surface area contributed by atoms with Crippen molar-refractivity contribution in [3.63, 3.8) is 0 Å². The highest BCUT2D eigenvalue weighted by Gasteiger charge is 2.35. The molecule has 2 fully saturated rings. The Morgan fingerprint density at radius 2 is 1.92 bits per heavy atom. The first-order chi connectivity index (χ1) is 11.7. The van der Waals surface area contributed by atoms with Gasteiger partial charge < -0.3 is 14.4 Å². The fourth-order valence-corrected chi connectivity index (χ4v) is 3.94. The van der Waals surface area contributed by atoms with Crippen LogP contribution in [0.25, 0.3) is 0 Å². The molecule has 3 aliphatic rings. The predicted octanol–water partition coefficient (Wildman–Crippen LogP) is 3.33. The summed E-state index contributed by atoms with van der Waals surface area (Å²) < 4.78 is 2.19. The number of anilines is 2. The number of fused-ring (bicyclic) bond motifs is 1. The Labute approximate surface area is 147 Å². The van der Waals surface area contributed by atoms with Crippen LogP contribution in [0.5, 0.6) is 0 Å². The molecule has 0 saturated heterocycles. The third-order valence-electron chi connectivity index (χ3n) is 5.46. The Kier molecular flexibility index (Phi) is 3.27. The van der Waals surface area contributed by atoms with E-state index in [1.54, 1.807) is 0 Å². The molecule has 1 aromatic carbocycles. The quantitative estimate of drug-likeness (QED) is 0.853. The molecule has 0 N–H and O–H groups in total. The zero-order valence-electron chi connectivity index (χ0n) is 14.0. The second-order valence-electron chi connectivity index (χ2n) is 7.29. The van der Waals surface area contributed by atoms with Crippen molar-refractivity contribution < 1.29 is 0 Å². The molecule has 6 heteroatoms. The highest BCUT2D eigenvalue weighted by molar-refractivity contribution is 6.31. The van der Waals surface area contributed by atoms with Crippen LogP contribution < -0.4 is 9.80 Å². The first kappa shape index (κ1) is 14.6. The van der Waals surface area contributed by atoms with E-state index in [-0.39, 0.29) is 0 Å². The Bertz CT molecular complexity index is 778. The molecule has 24 heavy (non-hydrogen) atoms. The topological polar surface area (TPSA) is 37.2 Å². The van der Waals surface area contributed by atoms with Crippen LogP contribution in [0.2, 0.25) is 5.02 Å². The van der Waals surface area contributed by atoms with Crippen LogP contribution in [-0.4, -0.2) is 33.9 Å². The summed E-state index contributed by atoms with van der Waals surface area (Å²) in [5.41, 5.74) is 2.55. The summed E-state index contributed by atoms with van der Waals surface area (Å²) in [6.07, 6.45) is 5.14. The molecule has 0 bridgehead atoms. The predicted molar refractivity (Wildman–Crippen MR) is 95.8 cm³/mol. The summed E-state index contributed by atoms with van der Waals surface area (Å²) in [7, 11) is 2.10. The SMILES string of the molecule is Cn1c(CN2CCN(C3CC3)c3ccc(Cl)cc32)nnc1C1CC1. The van der Waals surface area contributed by atoms with Crippen LogP contribution in [0, 0.1) is 0 Å². The van der Waals surface area contributed by atoms with Crippen LogP contribution in [0.4, 0.5) is 11.4 Å². The van der Waals surface area contributed by atoms with Crippen molar-refractivity contribution in [2.45, 2.75) is 44.2 Å². The molecule has 1 aromatic heterocycles. The second kappa shape index (κ2) is 5.38. The van der Waals surface area contributed by atoms with Crippen LogP contribution in [0.15, 0.2) is 18.2 Å². The van der Waals surface area contributed by atoms with E-state index in [1.807, 2.05) is 6.07 Å². The number of hydrogen-bond acceptors (Lipinski definition) is 4. The van der Waals surface area contributed by atoms with Gasteiger partial charge in [-0.3, -0.25) is 0 Å². The van der Waals surface area contributed by atoms with Crippen molar-refractivity contribution in [1.29, 1.82) is 0 Å². The van der Waals surface area contributed by atoms with E-state index in [1.165, 1.54) is 37.1 Å². The minimum Gasteiger partial charge on any atom is -0.365 e. The molecule has 2 heterocycles. The number of halogens is 1. The number of rotatable bonds is 4. The molecule has 0 radical (unpaired) electrons. The molecule has 0 atom stereocenters. The van der Waals surface area contributed by atoms with Crippen molar-refractivity contribution in [1.82, 2.24) is 14.8 Å². The van der Waals surface area contributed by atoms with Crippen LogP contribution in [0.3, 0.4) is 0 Å². The van der Waals surface area contributed by atoms with E-state index in [0.717, 1.165) is 42.3 Å². The van der Waals surface area contributed by atoms with Crippen molar-refractivity contribution in [3.8, 4) is 0 Å². The third kappa shape index (κ3) is 2.46. The standard InChI is InChI=1S/C18H22ClN5/c1-22-17(20-21-18(22)12-2-3-12)11-23-8-9-24(14-5-6-14)15-7-4-13(19)10-16(15)23/h4,7,10,12,14H,2-3,5-6,8-9,11H2,1H3. The molecule has 2 aromatic rings. The Morgan fingerprint density at radius 3 is 2.67 bits per heavy atom. The average molecular weight is 344 g/mol. The summed E-state index contributed by atoms with van der Waals surface area (Å²) in [6.45, 7) is 2.88. The van der Waals surface area contributed by atoms with Gasteiger partial charge in [-0.1, -0.05) is 11.6 Å². The van der Waals surface area contributed by atoms with Gasteiger partial charge in [-0.25, -0.2) is 0 Å². The lowest BCUT2D eigenvalue weighted by atomic mass is 10.1. The molecule has 126 valence electrons. The summed E-state index contributed by atoms with van der Waals surface area (Å²) in [5, 5.41) is 9.68. The first-order valence-corrected chi connectivity index (χ1v) is 9.28. The van der Waals surface area contributed by atoms with Crippen molar-refractivity contribution in [3.05, 3.63) is 34.9 Å². The summed E-state index contributed by atoms with van der Waals surface area (Å²) >= 11 is 6.29. The molecular weight excluding hydrogens is 322 g/mol. The number of hydrogen-bond donors (Lipinski definition) is 0. The molecule has 0 amide bonds. The van der Waals surface area contributed by atoms with E-state index in [4.69, 9.17) is 11.6 Å². The minimum absolute atomic E-state index is 0.629. The normalized spacial score (nSPS) is 20.4. The van der Waals surface area contributed by atoms with Gasteiger partial charge in [0, 0.05) is 37.1 Å². The van der Waals surface area contributed by atoms with E-state index in [2.05, 4.69) is 43.7 Å². The zero-order valence-corrected chi connectivity index (χ0v) is 14.7. The smallest absolute Gasteiger partial charge is 0.152 e. The second-order valence-corrected chi connectivity index (χ2v) is 7.72. The maximum absolute atomic E-state index is 6.29. The molecule has 2 aliphatic carbocycles. The van der Waals surface area contributed by atoms with Gasteiger partial charge in [0.05, 0.1) is 17.9 Å². The fourth-order valence-electron chi connectivity index (χ4n) is 3.77. The largest absolute Gasteiger partial charge is 0.365 e. The highest BCUT2D eigenvalue weighted by Crippen LogP contribution is 2.42. The molecule has 5 rings (SSSR count). The third-order valence-corrected chi connectivity index (χ3v) is 5.69. The summed E-state index contributed by atoms with van der Waals surface area (Å²) in [5.74, 6) is 2.82. The van der Waals surface area contributed by atoms with Crippen LogP contribution in [-0.2, 0) is 13.6 Å².